The van der Waals surface area contributed by atoms with Gasteiger partial charge in [-0.15, -0.1) is 0 Å². The fraction of sp³-hybridized carbons (Fsp3) is 0.231. The lowest BCUT2D eigenvalue weighted by atomic mass is 9.87. The highest BCUT2D eigenvalue weighted by Gasteiger charge is 2.31. The minimum Gasteiger partial charge on any atom is -0.462 e. The molecular formula is C26H22N2O3. The molecule has 6 rings (SSSR count). The first-order valence-corrected chi connectivity index (χ1v) is 10.7. The number of carbonyl (C=O) groups is 1. The molecular weight excluding hydrogens is 388 g/mol. The van der Waals surface area contributed by atoms with Crippen LogP contribution in [-0.2, 0) is 22.3 Å². The molecule has 3 heterocycles. The van der Waals surface area contributed by atoms with Crippen LogP contribution in [0.4, 0.5) is 0 Å². The van der Waals surface area contributed by atoms with Gasteiger partial charge in [0.2, 0.25) is 6.79 Å². The van der Waals surface area contributed by atoms with Crippen molar-refractivity contribution in [1.82, 2.24) is 9.97 Å². The second kappa shape index (κ2) is 7.27. The second-order valence-electron chi connectivity index (χ2n) is 8.21. The zero-order valence-electron chi connectivity index (χ0n) is 17.1. The number of allylic oxidation sites excluding steroid dienone is 1. The van der Waals surface area contributed by atoms with Crippen LogP contribution in [0, 0.1) is 0 Å². The van der Waals surface area contributed by atoms with Crippen molar-refractivity contribution in [3.63, 3.8) is 0 Å². The monoisotopic (exact) mass is 410 g/mol. The second-order valence-corrected chi connectivity index (χ2v) is 8.21. The normalized spacial score (nSPS) is 16.6. The van der Waals surface area contributed by atoms with E-state index in [0.717, 1.165) is 63.8 Å². The van der Waals surface area contributed by atoms with Crippen LogP contribution in [0.25, 0.3) is 21.8 Å². The first kappa shape index (κ1) is 18.2. The van der Waals surface area contributed by atoms with Crippen LogP contribution in [0.5, 0.6) is 0 Å². The van der Waals surface area contributed by atoms with Gasteiger partial charge >= 0.3 is 0 Å². The lowest BCUT2D eigenvalue weighted by Gasteiger charge is -2.22. The number of nitrogens with zero attached hydrogens (tertiary/aromatic N) is 1. The van der Waals surface area contributed by atoms with E-state index in [1.54, 1.807) is 6.26 Å². The molecule has 0 amide bonds. The first-order chi connectivity index (χ1) is 15.3. The van der Waals surface area contributed by atoms with Gasteiger partial charge in [-0.25, -0.2) is 0 Å². The fourth-order valence-corrected chi connectivity index (χ4v) is 4.89. The molecule has 1 N–H and O–H groups in total. The summed E-state index contributed by atoms with van der Waals surface area (Å²) in [5.74, 6) is 0.857. The first-order valence-electron chi connectivity index (χ1n) is 10.7. The zero-order valence-corrected chi connectivity index (χ0v) is 17.1. The number of aromatic amines is 1. The van der Waals surface area contributed by atoms with Crippen LogP contribution in [0.1, 0.15) is 46.1 Å². The number of fused-ring (bicyclic) bond motifs is 5. The molecule has 5 heteroatoms. The summed E-state index contributed by atoms with van der Waals surface area (Å²) >= 11 is 0. The highest BCUT2D eigenvalue weighted by atomic mass is 16.7. The average Bonchev–Trinajstić information content (AvgIpc) is 3.46. The molecule has 0 saturated carbocycles. The molecule has 4 aromatic rings. The van der Waals surface area contributed by atoms with Crippen molar-refractivity contribution in [2.45, 2.75) is 31.6 Å². The van der Waals surface area contributed by atoms with Gasteiger partial charge in [0.05, 0.1) is 22.8 Å². The highest BCUT2D eigenvalue weighted by molar-refractivity contribution is 6.19. The Morgan fingerprint density at radius 3 is 2.71 bits per heavy atom. The quantitative estimate of drug-likeness (QED) is 0.489. The predicted molar refractivity (Wildman–Crippen MR) is 119 cm³/mol. The number of nitrogens with one attached hydrogen (secondary N) is 1. The van der Waals surface area contributed by atoms with Gasteiger partial charge in [-0.1, -0.05) is 48.5 Å². The van der Waals surface area contributed by atoms with E-state index < -0.39 is 0 Å². The number of ether oxygens (including phenoxy) is 2. The number of aryl methyl sites for hydroxylation is 1. The van der Waals surface area contributed by atoms with E-state index in [0.29, 0.717) is 6.42 Å². The van der Waals surface area contributed by atoms with E-state index in [9.17, 15) is 4.79 Å². The lowest BCUT2D eigenvalue weighted by Crippen LogP contribution is -2.17. The number of Topliss-reactive ketones (excluding diaryl/α,β-unsaturated/α-hetero) is 1. The summed E-state index contributed by atoms with van der Waals surface area (Å²) in [5, 5.41) is 2.07. The van der Waals surface area contributed by atoms with Gasteiger partial charge in [-0.05, 0) is 30.9 Å². The number of H-pyrrole nitrogens is 1. The van der Waals surface area contributed by atoms with Crippen molar-refractivity contribution >= 4 is 27.6 Å². The van der Waals surface area contributed by atoms with Crippen molar-refractivity contribution in [3.05, 3.63) is 89.1 Å². The molecule has 0 fully saturated rings. The maximum absolute atomic E-state index is 13.0. The molecule has 1 aliphatic heterocycles. The Balaban J connectivity index is 1.63. The molecule has 0 saturated heterocycles. The van der Waals surface area contributed by atoms with Crippen molar-refractivity contribution in [1.29, 1.82) is 0 Å². The van der Waals surface area contributed by atoms with Crippen molar-refractivity contribution < 1.29 is 14.3 Å². The predicted octanol–water partition coefficient (Wildman–Crippen LogP) is 5.41. The van der Waals surface area contributed by atoms with Gasteiger partial charge in [0.15, 0.2) is 5.78 Å². The SMILES string of the molecule is O=C1CCCc2nc(C(Cc3ccccc3)C3=COCO3)c3[nH]c4ccccc4c3c21. The number of benzene rings is 2. The molecule has 31 heavy (non-hydrogen) atoms. The molecule has 0 bridgehead atoms. The number of hydrogen-bond acceptors (Lipinski definition) is 4. The van der Waals surface area contributed by atoms with Crippen LogP contribution in [0.2, 0.25) is 0 Å². The summed E-state index contributed by atoms with van der Waals surface area (Å²) in [4.78, 5) is 21.6. The lowest BCUT2D eigenvalue weighted by molar-refractivity contribution is 0.0751. The third-order valence-corrected chi connectivity index (χ3v) is 6.30. The van der Waals surface area contributed by atoms with E-state index in [-0.39, 0.29) is 18.5 Å². The maximum atomic E-state index is 13.0. The Morgan fingerprint density at radius 2 is 1.87 bits per heavy atom. The summed E-state index contributed by atoms with van der Waals surface area (Å²) in [7, 11) is 0. The van der Waals surface area contributed by atoms with E-state index in [2.05, 4.69) is 29.2 Å². The van der Waals surface area contributed by atoms with Crippen molar-refractivity contribution in [2.24, 2.45) is 0 Å². The van der Waals surface area contributed by atoms with E-state index in [1.807, 2.05) is 30.3 Å². The molecule has 2 aromatic carbocycles. The molecule has 0 radical (unpaired) electrons. The molecule has 0 spiro atoms. The average molecular weight is 410 g/mol. The van der Waals surface area contributed by atoms with Crippen LogP contribution >= 0.6 is 0 Å². The van der Waals surface area contributed by atoms with Crippen LogP contribution in [-0.4, -0.2) is 22.5 Å². The maximum Gasteiger partial charge on any atom is 0.229 e. The Kier molecular flexibility index (Phi) is 4.27. The summed E-state index contributed by atoms with van der Waals surface area (Å²) in [6.07, 6.45) is 4.68. The molecule has 2 aromatic heterocycles. The molecule has 1 atom stereocenters. The van der Waals surface area contributed by atoms with Gasteiger partial charge in [-0.3, -0.25) is 9.78 Å². The molecule has 1 unspecified atom stereocenters. The van der Waals surface area contributed by atoms with Gasteiger partial charge in [0, 0.05) is 28.3 Å². The van der Waals surface area contributed by atoms with Crippen LogP contribution in [0.15, 0.2) is 66.6 Å². The van der Waals surface area contributed by atoms with Gasteiger partial charge in [0.1, 0.15) is 12.0 Å². The van der Waals surface area contributed by atoms with Crippen LogP contribution in [0.3, 0.4) is 0 Å². The number of para-hydroxylation sites is 1. The van der Waals surface area contributed by atoms with Crippen LogP contribution < -0.4 is 0 Å². The summed E-state index contributed by atoms with van der Waals surface area (Å²) in [6.45, 7) is 0.222. The molecule has 1 aliphatic carbocycles. The topological polar surface area (TPSA) is 64.2 Å². The third kappa shape index (κ3) is 3.00. The number of aromatic nitrogens is 2. The number of ketones is 1. The van der Waals surface area contributed by atoms with E-state index in [4.69, 9.17) is 14.5 Å². The minimum absolute atomic E-state index is 0.109. The standard InChI is InChI=1S/C26H22N2O3/c29-21-12-6-11-20-24(21)23-17-9-4-5-10-19(17)27-26(23)25(28-20)18(22-14-30-15-31-22)13-16-7-2-1-3-8-16/h1-5,7-10,14,18,27H,6,11-13,15H2. The summed E-state index contributed by atoms with van der Waals surface area (Å²) in [6, 6.07) is 18.5. The third-order valence-electron chi connectivity index (χ3n) is 6.30. The Hall–Kier alpha value is -3.60. The molecule has 5 nitrogen and oxygen atoms in total. The van der Waals surface area contributed by atoms with Gasteiger partial charge in [-0.2, -0.15) is 0 Å². The van der Waals surface area contributed by atoms with E-state index >= 15 is 0 Å². The highest BCUT2D eigenvalue weighted by Crippen LogP contribution is 2.40. The van der Waals surface area contributed by atoms with Crippen molar-refractivity contribution in [3.8, 4) is 0 Å². The number of pyridine rings is 1. The largest absolute Gasteiger partial charge is 0.462 e. The molecule has 2 aliphatic rings. The Labute approximate surface area is 179 Å². The molecule has 154 valence electrons. The van der Waals surface area contributed by atoms with Crippen molar-refractivity contribution in [2.75, 3.05) is 6.79 Å². The Bertz CT molecular complexity index is 1340. The fourth-order valence-electron chi connectivity index (χ4n) is 4.89. The Morgan fingerprint density at radius 1 is 1.03 bits per heavy atom. The summed E-state index contributed by atoms with van der Waals surface area (Å²) < 4.78 is 11.3. The number of carbonyl (C=O) groups excluding carboxylic acids is 1. The minimum atomic E-state index is -0.109. The zero-order chi connectivity index (χ0) is 20.8. The summed E-state index contributed by atoms with van der Waals surface area (Å²) in [5.41, 5.74) is 5.75. The smallest absolute Gasteiger partial charge is 0.229 e. The van der Waals surface area contributed by atoms with Gasteiger partial charge in [0.25, 0.3) is 0 Å². The van der Waals surface area contributed by atoms with Gasteiger partial charge < -0.3 is 14.5 Å². The van der Waals surface area contributed by atoms with E-state index in [1.165, 1.54) is 5.56 Å². The number of hydrogen-bond donors (Lipinski definition) is 1. The number of rotatable bonds is 4.